The largest absolute Gasteiger partial charge is 0.381 e. The van der Waals surface area contributed by atoms with Crippen molar-refractivity contribution in [1.29, 1.82) is 0 Å². The SMILES string of the molecule is C[C@H](NC(=O)c1c(N)nn2cccnc12)C1C(=O)c2cccc(C#Cc3cnn(C)c3)c2C(=O)N1c1ccccc1. The van der Waals surface area contributed by atoms with Crippen LogP contribution >= 0.6 is 0 Å². The number of hydrogen-bond donors (Lipinski definition) is 2. The molecule has 11 nitrogen and oxygen atoms in total. The lowest BCUT2D eigenvalue weighted by Crippen LogP contribution is -2.59. The lowest BCUT2D eigenvalue weighted by atomic mass is 9.85. The first-order valence-electron chi connectivity index (χ1n) is 12.8. The molecule has 202 valence electrons. The second kappa shape index (κ2) is 10.1. The quantitative estimate of drug-likeness (QED) is 0.331. The Bertz CT molecular complexity index is 1900. The third-order valence-electron chi connectivity index (χ3n) is 6.87. The molecular formula is C30H24N8O3. The summed E-state index contributed by atoms with van der Waals surface area (Å²) in [5.41, 5.74) is 8.47. The van der Waals surface area contributed by atoms with Gasteiger partial charge in [0.05, 0.1) is 23.4 Å². The van der Waals surface area contributed by atoms with Crippen molar-refractivity contribution in [1.82, 2.24) is 29.7 Å². The minimum absolute atomic E-state index is 0.00143. The number of amides is 2. The molecule has 5 aromatic rings. The Morgan fingerprint density at radius 1 is 1.07 bits per heavy atom. The van der Waals surface area contributed by atoms with E-state index < -0.39 is 23.9 Å². The number of fused-ring (bicyclic) bond motifs is 2. The van der Waals surface area contributed by atoms with Crippen molar-refractivity contribution < 1.29 is 14.4 Å². The number of nitrogens with zero attached hydrogens (tertiary/aromatic N) is 6. The van der Waals surface area contributed by atoms with Gasteiger partial charge in [-0.15, -0.1) is 5.10 Å². The highest BCUT2D eigenvalue weighted by atomic mass is 16.2. The average Bonchev–Trinajstić information content (AvgIpc) is 3.55. The van der Waals surface area contributed by atoms with Crippen molar-refractivity contribution in [3.63, 3.8) is 0 Å². The van der Waals surface area contributed by atoms with Gasteiger partial charge in [-0.3, -0.25) is 24.0 Å². The maximum atomic E-state index is 14.2. The number of anilines is 2. The molecule has 3 aromatic heterocycles. The van der Waals surface area contributed by atoms with Gasteiger partial charge in [-0.1, -0.05) is 42.2 Å². The fourth-order valence-electron chi connectivity index (χ4n) is 5.04. The molecule has 41 heavy (non-hydrogen) atoms. The Morgan fingerprint density at radius 3 is 2.63 bits per heavy atom. The van der Waals surface area contributed by atoms with Crippen molar-refractivity contribution in [2.24, 2.45) is 7.05 Å². The van der Waals surface area contributed by atoms with Crippen LogP contribution in [0.15, 0.2) is 79.4 Å². The molecule has 1 unspecified atom stereocenters. The number of nitrogens with two attached hydrogens (primary N) is 1. The van der Waals surface area contributed by atoms with Crippen molar-refractivity contribution >= 4 is 34.8 Å². The highest BCUT2D eigenvalue weighted by Gasteiger charge is 2.44. The van der Waals surface area contributed by atoms with Crippen LogP contribution in [-0.2, 0) is 7.05 Å². The van der Waals surface area contributed by atoms with Gasteiger partial charge in [-0.05, 0) is 31.2 Å². The molecule has 0 fully saturated rings. The first kappa shape index (κ1) is 25.5. The standard InChI is InChI=1S/C30H24N8O3/c1-18(34-29(40)24-27(31)35-37-15-7-14-32-28(24)37)25-26(39)22-11-6-8-20(13-12-19-16-33-36(2)17-19)23(22)30(41)38(25)21-9-4-3-5-10-21/h3-11,14-18,25H,1-2H3,(H2,31,35)(H,34,40)/t18-,25?/m0/s1. The van der Waals surface area contributed by atoms with E-state index >= 15 is 0 Å². The molecule has 0 saturated carbocycles. The van der Waals surface area contributed by atoms with Gasteiger partial charge in [-0.2, -0.15) is 5.10 Å². The highest BCUT2D eigenvalue weighted by molar-refractivity contribution is 6.24. The number of hydrogen-bond acceptors (Lipinski definition) is 7. The summed E-state index contributed by atoms with van der Waals surface area (Å²) in [7, 11) is 1.79. The third-order valence-corrected chi connectivity index (χ3v) is 6.87. The number of aryl methyl sites for hydroxylation is 1. The van der Waals surface area contributed by atoms with E-state index in [4.69, 9.17) is 5.73 Å². The molecule has 3 N–H and O–H groups in total. The van der Waals surface area contributed by atoms with E-state index in [0.29, 0.717) is 16.8 Å². The zero-order valence-electron chi connectivity index (χ0n) is 22.1. The Kier molecular flexibility index (Phi) is 6.28. The van der Waals surface area contributed by atoms with Crippen LogP contribution in [0.25, 0.3) is 5.65 Å². The monoisotopic (exact) mass is 544 g/mol. The van der Waals surface area contributed by atoms with E-state index in [9.17, 15) is 14.4 Å². The van der Waals surface area contributed by atoms with Crippen molar-refractivity contribution in [3.8, 4) is 11.8 Å². The fraction of sp³-hybridized carbons (Fsp3) is 0.133. The molecule has 2 aromatic carbocycles. The van der Waals surface area contributed by atoms with E-state index in [1.807, 2.05) is 6.07 Å². The highest BCUT2D eigenvalue weighted by Crippen LogP contribution is 2.32. The summed E-state index contributed by atoms with van der Waals surface area (Å²) in [5.74, 6) is 4.78. The Hall–Kier alpha value is -5.76. The number of carbonyl (C=O) groups excluding carboxylic acids is 3. The maximum Gasteiger partial charge on any atom is 0.261 e. The van der Waals surface area contributed by atoms with Gasteiger partial charge in [0.25, 0.3) is 11.8 Å². The number of nitrogen functional groups attached to an aromatic ring is 1. The van der Waals surface area contributed by atoms with Gasteiger partial charge in [0.15, 0.2) is 17.2 Å². The summed E-state index contributed by atoms with van der Waals surface area (Å²) in [6, 6.07) is 13.7. The Balaban J connectivity index is 1.41. The fourth-order valence-corrected chi connectivity index (χ4v) is 5.04. The number of aromatic nitrogens is 5. The summed E-state index contributed by atoms with van der Waals surface area (Å²) >= 11 is 0. The van der Waals surface area contributed by atoms with Gasteiger partial charge in [0, 0.05) is 42.5 Å². The molecule has 2 amide bonds. The molecular weight excluding hydrogens is 520 g/mol. The molecule has 0 aliphatic carbocycles. The van der Waals surface area contributed by atoms with Gasteiger partial charge in [0.2, 0.25) is 0 Å². The average molecular weight is 545 g/mol. The van der Waals surface area contributed by atoms with Crippen LogP contribution in [0, 0.1) is 11.8 Å². The van der Waals surface area contributed by atoms with Crippen LogP contribution < -0.4 is 16.0 Å². The lowest BCUT2D eigenvalue weighted by molar-refractivity contribution is 0.0831. The van der Waals surface area contributed by atoms with Crippen LogP contribution in [0.1, 0.15) is 49.1 Å². The summed E-state index contributed by atoms with van der Waals surface area (Å²) in [6.45, 7) is 1.68. The smallest absolute Gasteiger partial charge is 0.261 e. The molecule has 0 saturated heterocycles. The van der Waals surface area contributed by atoms with Crippen LogP contribution in [0.2, 0.25) is 0 Å². The first-order valence-corrected chi connectivity index (χ1v) is 12.8. The summed E-state index contributed by atoms with van der Waals surface area (Å²) in [6.07, 6.45) is 6.55. The number of benzene rings is 2. The first-order chi connectivity index (χ1) is 19.8. The molecule has 4 heterocycles. The molecule has 0 radical (unpaired) electrons. The lowest BCUT2D eigenvalue weighted by Gasteiger charge is -2.39. The molecule has 1 aliphatic rings. The van der Waals surface area contributed by atoms with E-state index in [1.165, 1.54) is 15.6 Å². The number of nitrogens with one attached hydrogen (secondary N) is 1. The Morgan fingerprint density at radius 2 is 1.88 bits per heavy atom. The van der Waals surface area contributed by atoms with Crippen molar-refractivity contribution in [2.45, 2.75) is 19.0 Å². The molecule has 1 aliphatic heterocycles. The second-order valence-electron chi connectivity index (χ2n) is 9.61. The predicted molar refractivity (Wildman–Crippen MR) is 151 cm³/mol. The summed E-state index contributed by atoms with van der Waals surface area (Å²) in [5, 5.41) is 11.1. The van der Waals surface area contributed by atoms with E-state index in [1.54, 1.807) is 85.8 Å². The van der Waals surface area contributed by atoms with E-state index in [-0.39, 0.29) is 33.9 Å². The molecule has 6 rings (SSSR count). The van der Waals surface area contributed by atoms with Gasteiger partial charge in [0.1, 0.15) is 11.6 Å². The molecule has 0 spiro atoms. The minimum Gasteiger partial charge on any atom is -0.381 e. The van der Waals surface area contributed by atoms with Crippen LogP contribution in [0.5, 0.6) is 0 Å². The molecule has 0 bridgehead atoms. The minimum atomic E-state index is -1.04. The van der Waals surface area contributed by atoms with Crippen LogP contribution in [0.3, 0.4) is 0 Å². The molecule has 11 heteroatoms. The molecule has 2 atom stereocenters. The second-order valence-corrected chi connectivity index (χ2v) is 9.61. The number of Topliss-reactive ketones (excluding diaryl/α,β-unsaturated/α-hetero) is 1. The normalized spacial score (nSPS) is 15.3. The van der Waals surface area contributed by atoms with Crippen molar-refractivity contribution in [2.75, 3.05) is 10.6 Å². The van der Waals surface area contributed by atoms with Crippen LogP contribution in [-0.4, -0.2) is 54.1 Å². The number of ketones is 1. The third kappa shape index (κ3) is 4.47. The predicted octanol–water partition coefficient (Wildman–Crippen LogP) is 2.47. The van der Waals surface area contributed by atoms with E-state index in [0.717, 1.165) is 0 Å². The van der Waals surface area contributed by atoms with Gasteiger partial charge >= 0.3 is 0 Å². The summed E-state index contributed by atoms with van der Waals surface area (Å²) < 4.78 is 3.04. The zero-order valence-corrected chi connectivity index (χ0v) is 22.1. The maximum absolute atomic E-state index is 14.2. The zero-order chi connectivity index (χ0) is 28.7. The number of carbonyl (C=O) groups is 3. The summed E-state index contributed by atoms with van der Waals surface area (Å²) in [4.78, 5) is 47.4. The van der Waals surface area contributed by atoms with Gasteiger partial charge in [-0.25, -0.2) is 9.50 Å². The van der Waals surface area contributed by atoms with E-state index in [2.05, 4.69) is 32.3 Å². The topological polar surface area (TPSA) is 141 Å². The van der Waals surface area contributed by atoms with Crippen molar-refractivity contribution in [3.05, 3.63) is 107 Å². The van der Waals surface area contributed by atoms with Gasteiger partial charge < -0.3 is 11.1 Å². The Labute approximate surface area is 234 Å². The van der Waals surface area contributed by atoms with Crippen LogP contribution in [0.4, 0.5) is 11.5 Å². The number of rotatable bonds is 4. The number of para-hydroxylation sites is 1.